The highest BCUT2D eigenvalue weighted by molar-refractivity contribution is 6.04. The van der Waals surface area contributed by atoms with Crippen LogP contribution in [0.5, 0.6) is 0 Å². The van der Waals surface area contributed by atoms with Crippen molar-refractivity contribution >= 4 is 11.6 Å². The lowest BCUT2D eigenvalue weighted by atomic mass is 9.83. The Morgan fingerprint density at radius 3 is 1.12 bits per heavy atom. The molecule has 2 rings (SSSR count). The van der Waals surface area contributed by atoms with Gasteiger partial charge in [-0.1, -0.05) is 135 Å². The van der Waals surface area contributed by atoms with Gasteiger partial charge in [0.25, 0.3) is 0 Å². The number of hydrogen-bond acceptors (Lipinski definition) is 4. The summed E-state index contributed by atoms with van der Waals surface area (Å²) < 4.78 is 0. The number of allylic oxidation sites excluding steroid dienone is 18. The molecule has 0 radical (unpaired) electrons. The summed E-state index contributed by atoms with van der Waals surface area (Å²) in [6, 6.07) is 0. The Kier molecular flexibility index (Phi) is 12.0. The summed E-state index contributed by atoms with van der Waals surface area (Å²) in [6.45, 7) is 19.2. The smallest absolute Gasteiger partial charge is 0.188 e. The number of ketones is 2. The maximum absolute atomic E-state index is 12.1. The maximum Gasteiger partial charge on any atom is 0.188 e. The van der Waals surface area contributed by atoms with Crippen LogP contribution in [0.25, 0.3) is 0 Å². The van der Waals surface area contributed by atoms with Crippen LogP contribution in [0, 0.1) is 10.8 Å². The molecule has 0 aromatic rings. The van der Waals surface area contributed by atoms with Crippen molar-refractivity contribution in [2.75, 3.05) is 0 Å². The van der Waals surface area contributed by atoms with Crippen molar-refractivity contribution in [1.29, 1.82) is 0 Å². The molecule has 0 aliphatic heterocycles. The van der Waals surface area contributed by atoms with E-state index in [0.717, 1.165) is 33.4 Å². The fraction of sp³-hybridized carbons (Fsp3) is 0.368. The van der Waals surface area contributed by atoms with E-state index in [1.54, 1.807) is 13.8 Å². The average molecular weight is 569 g/mol. The fourth-order valence-electron chi connectivity index (χ4n) is 5.04. The van der Waals surface area contributed by atoms with Gasteiger partial charge in [-0.15, -0.1) is 0 Å². The Hall–Kier alpha value is -3.60. The van der Waals surface area contributed by atoms with Gasteiger partial charge in [0.2, 0.25) is 0 Å². The first kappa shape index (κ1) is 34.6. The van der Waals surface area contributed by atoms with E-state index in [-0.39, 0.29) is 11.6 Å². The highest BCUT2D eigenvalue weighted by atomic mass is 16.3. The van der Waals surface area contributed by atoms with Crippen LogP contribution in [-0.2, 0) is 9.59 Å². The quantitative estimate of drug-likeness (QED) is 0.261. The molecule has 0 saturated carbocycles. The van der Waals surface area contributed by atoms with Crippen LogP contribution in [-0.4, -0.2) is 34.0 Å². The summed E-state index contributed by atoms with van der Waals surface area (Å²) in [5.41, 5.74) is 6.21. The zero-order valence-electron chi connectivity index (χ0n) is 26.9. The van der Waals surface area contributed by atoms with Crippen molar-refractivity contribution in [3.8, 4) is 0 Å². The van der Waals surface area contributed by atoms with Crippen LogP contribution in [0.2, 0.25) is 0 Å². The van der Waals surface area contributed by atoms with E-state index in [1.807, 2.05) is 140 Å². The molecule has 4 heteroatoms. The van der Waals surface area contributed by atoms with Crippen LogP contribution in [0.15, 0.2) is 130 Å². The molecule has 0 spiro atoms. The molecule has 224 valence electrons. The second-order valence-corrected chi connectivity index (χ2v) is 12.5. The van der Waals surface area contributed by atoms with Crippen molar-refractivity contribution < 1.29 is 19.8 Å². The molecule has 2 aliphatic rings. The van der Waals surface area contributed by atoms with Gasteiger partial charge in [0.1, 0.15) is 12.2 Å². The molecule has 0 aromatic heterocycles. The largest absolute Gasteiger partial charge is 0.384 e. The standard InChI is InChI=1S/C38H48O4/c1-25(17-13-19-27(3)21-23-31-29(5)33(39)35(41)37(31,7)8)15-11-12-16-26(2)18-14-20-28(4)22-24-32-30(6)34(40)36(42)38(32,9)10/h11-24,35-36,41-42H,1-10H3/b12-11+,17-13+,18-14+,23-21+,24-22+,25-15+,26-16+,27-19+,28-20+. The number of rotatable bonds is 10. The third-order valence-corrected chi connectivity index (χ3v) is 8.09. The molecule has 0 saturated heterocycles. The van der Waals surface area contributed by atoms with E-state index in [2.05, 4.69) is 0 Å². The Bertz CT molecular complexity index is 1310. The van der Waals surface area contributed by atoms with E-state index in [9.17, 15) is 19.8 Å². The van der Waals surface area contributed by atoms with E-state index in [1.165, 1.54) is 0 Å². The van der Waals surface area contributed by atoms with Crippen molar-refractivity contribution in [1.82, 2.24) is 0 Å². The zero-order chi connectivity index (χ0) is 31.8. The van der Waals surface area contributed by atoms with Crippen LogP contribution in [0.4, 0.5) is 0 Å². The predicted octanol–water partition coefficient (Wildman–Crippen LogP) is 8.13. The molecule has 0 aromatic carbocycles. The van der Waals surface area contributed by atoms with Gasteiger partial charge in [0.15, 0.2) is 11.6 Å². The molecule has 2 N–H and O–H groups in total. The predicted molar refractivity (Wildman–Crippen MR) is 176 cm³/mol. The average Bonchev–Trinajstić information content (AvgIpc) is 3.16. The van der Waals surface area contributed by atoms with Gasteiger partial charge in [-0.25, -0.2) is 0 Å². The lowest BCUT2D eigenvalue weighted by Crippen LogP contribution is -2.30. The number of Topliss-reactive ketones (excluding diaryl/α,β-unsaturated/α-hetero) is 2. The van der Waals surface area contributed by atoms with E-state index < -0.39 is 23.0 Å². The highest BCUT2D eigenvalue weighted by Crippen LogP contribution is 2.42. The SMILES string of the molecule is CC1=C(/C=C/C(C)=C/C=C/C(C)=C/C=C/C=C(C)/C=C/C=C(C)/C=C/C2=C(C)C(=O)C(O)C2(C)C)C(C)(C)C(O)C1=O. The van der Waals surface area contributed by atoms with Gasteiger partial charge in [0.05, 0.1) is 0 Å². The van der Waals surface area contributed by atoms with Crippen molar-refractivity contribution in [3.05, 3.63) is 130 Å². The summed E-state index contributed by atoms with van der Waals surface area (Å²) in [5.74, 6) is -0.378. The minimum atomic E-state index is -0.978. The number of carbonyl (C=O) groups is 2. The number of hydrogen-bond donors (Lipinski definition) is 2. The van der Waals surface area contributed by atoms with Crippen LogP contribution >= 0.6 is 0 Å². The minimum Gasteiger partial charge on any atom is -0.384 e. The highest BCUT2D eigenvalue weighted by Gasteiger charge is 2.44. The third-order valence-electron chi connectivity index (χ3n) is 8.09. The van der Waals surface area contributed by atoms with Gasteiger partial charge in [-0.2, -0.15) is 0 Å². The third kappa shape index (κ3) is 8.47. The van der Waals surface area contributed by atoms with Crippen LogP contribution < -0.4 is 0 Å². The van der Waals surface area contributed by atoms with Gasteiger partial charge >= 0.3 is 0 Å². The number of aliphatic hydroxyl groups excluding tert-OH is 2. The molecule has 0 heterocycles. The Labute approximate surface area is 253 Å². The molecular weight excluding hydrogens is 520 g/mol. The molecular formula is C38H48O4. The first-order valence-corrected chi connectivity index (χ1v) is 14.5. The van der Waals surface area contributed by atoms with E-state index >= 15 is 0 Å². The van der Waals surface area contributed by atoms with Crippen LogP contribution in [0.3, 0.4) is 0 Å². The molecule has 2 atom stereocenters. The topological polar surface area (TPSA) is 74.6 Å². The Balaban J connectivity index is 1.92. The molecule has 42 heavy (non-hydrogen) atoms. The normalized spacial score (nSPS) is 24.6. The van der Waals surface area contributed by atoms with Crippen molar-refractivity contribution in [2.45, 2.75) is 81.4 Å². The molecule has 4 nitrogen and oxygen atoms in total. The first-order chi connectivity index (χ1) is 19.5. The fourth-order valence-corrected chi connectivity index (χ4v) is 5.04. The zero-order valence-corrected chi connectivity index (χ0v) is 26.9. The van der Waals surface area contributed by atoms with Crippen molar-refractivity contribution in [2.24, 2.45) is 10.8 Å². The Morgan fingerprint density at radius 1 is 0.548 bits per heavy atom. The summed E-state index contributed by atoms with van der Waals surface area (Å²) in [4.78, 5) is 24.3. The lowest BCUT2D eigenvalue weighted by Gasteiger charge is -2.24. The van der Waals surface area contributed by atoms with Gasteiger partial charge in [-0.05, 0) is 63.8 Å². The number of carbonyl (C=O) groups excluding carboxylic acids is 2. The molecule has 0 bridgehead atoms. The molecule has 0 fully saturated rings. The minimum absolute atomic E-state index is 0.189. The summed E-state index contributed by atoms with van der Waals surface area (Å²) in [5, 5.41) is 20.4. The molecule has 0 amide bonds. The molecule has 2 unspecified atom stereocenters. The first-order valence-electron chi connectivity index (χ1n) is 14.5. The van der Waals surface area contributed by atoms with Gasteiger partial charge < -0.3 is 10.2 Å². The van der Waals surface area contributed by atoms with Gasteiger partial charge in [-0.3, -0.25) is 9.59 Å². The monoisotopic (exact) mass is 568 g/mol. The van der Waals surface area contributed by atoms with E-state index in [4.69, 9.17) is 0 Å². The summed E-state index contributed by atoms with van der Waals surface area (Å²) in [7, 11) is 0. The molecule has 2 aliphatic carbocycles. The summed E-state index contributed by atoms with van der Waals surface area (Å²) in [6.07, 6.45) is 26.1. The maximum atomic E-state index is 12.1. The summed E-state index contributed by atoms with van der Waals surface area (Å²) >= 11 is 0. The lowest BCUT2D eigenvalue weighted by molar-refractivity contribution is -0.126. The van der Waals surface area contributed by atoms with Crippen LogP contribution in [0.1, 0.15) is 69.2 Å². The Morgan fingerprint density at radius 2 is 0.833 bits per heavy atom. The number of aliphatic hydroxyl groups is 2. The van der Waals surface area contributed by atoms with Gasteiger partial charge in [0, 0.05) is 10.8 Å². The van der Waals surface area contributed by atoms with Crippen molar-refractivity contribution in [3.63, 3.8) is 0 Å². The second kappa shape index (κ2) is 14.5. The second-order valence-electron chi connectivity index (χ2n) is 12.5. The van der Waals surface area contributed by atoms with E-state index in [0.29, 0.717) is 11.1 Å².